The van der Waals surface area contributed by atoms with Gasteiger partial charge in [0, 0.05) is 11.3 Å². The van der Waals surface area contributed by atoms with Crippen LogP contribution in [0.3, 0.4) is 0 Å². The van der Waals surface area contributed by atoms with Crippen LogP contribution in [0, 0.1) is 0 Å². The molecule has 0 saturated carbocycles. The van der Waals surface area contributed by atoms with Gasteiger partial charge in [0.1, 0.15) is 0 Å². The van der Waals surface area contributed by atoms with Gasteiger partial charge in [-0.15, -0.1) is 5.10 Å². The van der Waals surface area contributed by atoms with E-state index in [2.05, 4.69) is 15.5 Å². The molecule has 1 aromatic heterocycles. The Kier molecular flexibility index (Phi) is 2.69. The normalized spacial score (nSPS) is 10.0. The van der Waals surface area contributed by atoms with E-state index in [1.54, 1.807) is 24.3 Å². The fraction of sp³-hybridized carbons (Fsp3) is 0. The molecule has 0 atom stereocenters. The number of nitrogens with zero attached hydrogens (tertiary/aromatic N) is 1. The van der Waals surface area contributed by atoms with Crippen molar-refractivity contribution < 1.29 is 4.42 Å². The SMILES string of the molecule is NC(=S)Nc1cccc(-c2n[nH]c(=O)o2)c1. The highest BCUT2D eigenvalue weighted by atomic mass is 32.1. The first-order valence-corrected chi connectivity index (χ1v) is 4.78. The molecule has 6 nitrogen and oxygen atoms in total. The van der Waals surface area contributed by atoms with Crippen LogP contribution < -0.4 is 16.8 Å². The lowest BCUT2D eigenvalue weighted by molar-refractivity contribution is 0.527. The lowest BCUT2D eigenvalue weighted by Crippen LogP contribution is -2.18. The van der Waals surface area contributed by atoms with Gasteiger partial charge in [-0.1, -0.05) is 6.07 Å². The Hall–Kier alpha value is -2.15. The first-order valence-electron chi connectivity index (χ1n) is 4.37. The standard InChI is InChI=1S/C9H8N4O2S/c10-8(16)11-6-3-1-2-5(4-6)7-12-13-9(14)15-7/h1-4H,(H,13,14)(H3,10,11,16). The van der Waals surface area contributed by atoms with Gasteiger partial charge in [-0.2, -0.15) is 0 Å². The van der Waals surface area contributed by atoms with Gasteiger partial charge in [-0.25, -0.2) is 9.89 Å². The lowest BCUT2D eigenvalue weighted by atomic mass is 10.2. The molecule has 0 aliphatic heterocycles. The van der Waals surface area contributed by atoms with Gasteiger partial charge >= 0.3 is 5.76 Å². The highest BCUT2D eigenvalue weighted by molar-refractivity contribution is 7.80. The van der Waals surface area contributed by atoms with Crippen molar-refractivity contribution >= 4 is 23.0 Å². The Balaban J connectivity index is 2.35. The molecule has 0 unspecified atom stereocenters. The Morgan fingerprint density at radius 1 is 1.56 bits per heavy atom. The van der Waals surface area contributed by atoms with Crippen LogP contribution >= 0.6 is 12.2 Å². The van der Waals surface area contributed by atoms with E-state index < -0.39 is 5.76 Å². The maximum absolute atomic E-state index is 10.8. The van der Waals surface area contributed by atoms with Gasteiger partial charge in [0.15, 0.2) is 5.11 Å². The number of thiocarbonyl (C=S) groups is 1. The zero-order valence-electron chi connectivity index (χ0n) is 8.06. The largest absolute Gasteiger partial charge is 0.434 e. The Morgan fingerprint density at radius 3 is 3.00 bits per heavy atom. The summed E-state index contributed by atoms with van der Waals surface area (Å²) in [5.74, 6) is -0.376. The molecule has 7 heteroatoms. The van der Waals surface area contributed by atoms with Crippen LogP contribution in [0.25, 0.3) is 11.5 Å². The second-order valence-corrected chi connectivity index (χ2v) is 3.43. The summed E-state index contributed by atoms with van der Waals surface area (Å²) < 4.78 is 4.82. The molecular formula is C9H8N4O2S. The number of hydrogen-bond acceptors (Lipinski definition) is 4. The van der Waals surface area contributed by atoms with E-state index in [-0.39, 0.29) is 11.0 Å². The molecule has 0 fully saturated rings. The molecule has 2 aromatic rings. The summed E-state index contributed by atoms with van der Waals surface area (Å²) in [6.45, 7) is 0. The van der Waals surface area contributed by atoms with Crippen LogP contribution in [0.15, 0.2) is 33.5 Å². The van der Waals surface area contributed by atoms with E-state index in [1.165, 1.54) is 0 Å². The van der Waals surface area contributed by atoms with Crippen LogP contribution in [0.5, 0.6) is 0 Å². The van der Waals surface area contributed by atoms with Crippen molar-refractivity contribution in [3.63, 3.8) is 0 Å². The maximum Gasteiger partial charge on any atom is 0.434 e. The quantitative estimate of drug-likeness (QED) is 0.664. The number of benzene rings is 1. The third kappa shape index (κ3) is 2.26. The number of aromatic amines is 1. The minimum absolute atomic E-state index is 0.167. The average Bonchev–Trinajstić information content (AvgIpc) is 2.64. The molecule has 0 spiro atoms. The van der Waals surface area contributed by atoms with E-state index in [0.717, 1.165) is 0 Å². The van der Waals surface area contributed by atoms with Gasteiger partial charge in [-0.3, -0.25) is 0 Å². The van der Waals surface area contributed by atoms with Gasteiger partial charge < -0.3 is 15.5 Å². The molecule has 16 heavy (non-hydrogen) atoms. The predicted molar refractivity (Wildman–Crippen MR) is 63.0 cm³/mol. The molecule has 1 heterocycles. The van der Waals surface area contributed by atoms with Crippen molar-refractivity contribution in [2.75, 3.05) is 5.32 Å². The zero-order valence-corrected chi connectivity index (χ0v) is 8.88. The summed E-state index contributed by atoms with van der Waals surface area (Å²) in [5.41, 5.74) is 6.70. The van der Waals surface area contributed by atoms with Crippen molar-refractivity contribution in [2.24, 2.45) is 5.73 Å². The first kappa shape index (κ1) is 10.4. The van der Waals surface area contributed by atoms with E-state index in [4.69, 9.17) is 22.4 Å². The minimum Gasteiger partial charge on any atom is -0.388 e. The highest BCUT2D eigenvalue weighted by Gasteiger charge is 2.05. The monoisotopic (exact) mass is 236 g/mol. The fourth-order valence-corrected chi connectivity index (χ4v) is 1.34. The Labute approximate surface area is 95.5 Å². The zero-order chi connectivity index (χ0) is 11.5. The number of nitrogens with two attached hydrogens (primary N) is 1. The summed E-state index contributed by atoms with van der Waals surface area (Å²) in [6.07, 6.45) is 0. The molecule has 4 N–H and O–H groups in total. The van der Waals surface area contributed by atoms with Crippen molar-refractivity contribution in [1.29, 1.82) is 0 Å². The van der Waals surface area contributed by atoms with Crippen LogP contribution in [0.1, 0.15) is 0 Å². The molecule has 0 radical (unpaired) electrons. The van der Waals surface area contributed by atoms with E-state index in [1.807, 2.05) is 0 Å². The summed E-state index contributed by atoms with van der Waals surface area (Å²) in [7, 11) is 0. The number of hydrogen-bond donors (Lipinski definition) is 3. The molecule has 0 aliphatic rings. The summed E-state index contributed by atoms with van der Waals surface area (Å²) in [5, 5.41) is 8.83. The molecular weight excluding hydrogens is 228 g/mol. The topological polar surface area (TPSA) is 96.9 Å². The summed E-state index contributed by atoms with van der Waals surface area (Å²) in [4.78, 5) is 10.8. The van der Waals surface area contributed by atoms with E-state index in [0.29, 0.717) is 11.3 Å². The summed E-state index contributed by atoms with van der Waals surface area (Å²) >= 11 is 4.71. The maximum atomic E-state index is 10.8. The van der Waals surface area contributed by atoms with Crippen LogP contribution in [0.2, 0.25) is 0 Å². The lowest BCUT2D eigenvalue weighted by Gasteiger charge is -2.03. The number of H-pyrrole nitrogens is 1. The van der Waals surface area contributed by atoms with Crippen molar-refractivity contribution in [3.8, 4) is 11.5 Å². The summed E-state index contributed by atoms with van der Waals surface area (Å²) in [6, 6.07) is 7.03. The first-order chi connectivity index (χ1) is 7.65. The molecule has 1 aromatic carbocycles. The smallest absolute Gasteiger partial charge is 0.388 e. The van der Waals surface area contributed by atoms with Gasteiger partial charge in [0.2, 0.25) is 5.89 Å². The molecule has 0 saturated heterocycles. The molecule has 0 amide bonds. The third-order valence-corrected chi connectivity index (χ3v) is 1.92. The van der Waals surface area contributed by atoms with Crippen molar-refractivity contribution in [1.82, 2.24) is 10.2 Å². The third-order valence-electron chi connectivity index (χ3n) is 1.82. The molecule has 2 rings (SSSR count). The number of aromatic nitrogens is 2. The Morgan fingerprint density at radius 2 is 2.38 bits per heavy atom. The highest BCUT2D eigenvalue weighted by Crippen LogP contribution is 2.19. The van der Waals surface area contributed by atoms with Gasteiger partial charge in [0.25, 0.3) is 0 Å². The average molecular weight is 236 g/mol. The van der Waals surface area contributed by atoms with Gasteiger partial charge in [-0.05, 0) is 30.4 Å². The van der Waals surface area contributed by atoms with Crippen LogP contribution in [-0.2, 0) is 0 Å². The van der Waals surface area contributed by atoms with Crippen molar-refractivity contribution in [2.45, 2.75) is 0 Å². The number of rotatable bonds is 2. The van der Waals surface area contributed by atoms with Crippen LogP contribution in [0.4, 0.5) is 5.69 Å². The predicted octanol–water partition coefficient (Wildman–Crippen LogP) is 0.685. The second kappa shape index (κ2) is 4.15. The van der Waals surface area contributed by atoms with Crippen LogP contribution in [-0.4, -0.2) is 15.3 Å². The Bertz CT molecular complexity index is 575. The molecule has 0 bridgehead atoms. The fourth-order valence-electron chi connectivity index (χ4n) is 1.23. The van der Waals surface area contributed by atoms with Crippen molar-refractivity contribution in [3.05, 3.63) is 34.8 Å². The number of anilines is 1. The van der Waals surface area contributed by atoms with Gasteiger partial charge in [0.05, 0.1) is 0 Å². The number of nitrogens with one attached hydrogen (secondary N) is 2. The van der Waals surface area contributed by atoms with E-state index >= 15 is 0 Å². The molecule has 0 aliphatic carbocycles. The van der Waals surface area contributed by atoms with E-state index in [9.17, 15) is 4.79 Å². The second-order valence-electron chi connectivity index (χ2n) is 2.99. The minimum atomic E-state index is -0.595. The molecule has 82 valence electrons.